The standard InChI is InChI=1S/C18H21N5O3S2/c1-3-4-8-27-18-20-13(2)9-17(21-18)28-12-16(24)22-19-11-14-6-5-7-15(10-14)23(25)26/h5-7,9-11H,3-4,8,12H2,1-2H3,(H,22,24)/b19-11-. The van der Waals surface area contributed by atoms with E-state index in [0.717, 1.165) is 34.5 Å². The summed E-state index contributed by atoms with van der Waals surface area (Å²) in [6.07, 6.45) is 3.60. The Morgan fingerprint density at radius 1 is 1.32 bits per heavy atom. The van der Waals surface area contributed by atoms with Crippen molar-refractivity contribution >= 4 is 41.3 Å². The first-order valence-electron chi connectivity index (χ1n) is 8.65. The number of thioether (sulfide) groups is 2. The summed E-state index contributed by atoms with van der Waals surface area (Å²) >= 11 is 2.92. The number of aromatic nitrogens is 2. The Kier molecular flexibility index (Phi) is 8.89. The van der Waals surface area contributed by atoms with Crippen molar-refractivity contribution < 1.29 is 9.72 Å². The topological polar surface area (TPSA) is 110 Å². The summed E-state index contributed by atoms with van der Waals surface area (Å²) in [6.45, 7) is 4.04. The minimum absolute atomic E-state index is 0.0300. The number of amides is 1. The molecule has 1 amide bonds. The smallest absolute Gasteiger partial charge is 0.270 e. The molecule has 0 saturated heterocycles. The van der Waals surface area contributed by atoms with Crippen LogP contribution in [0.15, 0.2) is 45.6 Å². The zero-order valence-corrected chi connectivity index (χ0v) is 17.3. The molecule has 1 heterocycles. The summed E-state index contributed by atoms with van der Waals surface area (Å²) in [7, 11) is 0. The number of non-ortho nitro benzene ring substituents is 1. The van der Waals surface area contributed by atoms with Gasteiger partial charge in [-0.25, -0.2) is 15.4 Å². The molecule has 0 aliphatic carbocycles. The highest BCUT2D eigenvalue weighted by atomic mass is 32.2. The van der Waals surface area contributed by atoms with Crippen molar-refractivity contribution in [2.75, 3.05) is 11.5 Å². The van der Waals surface area contributed by atoms with E-state index in [1.165, 1.54) is 30.1 Å². The lowest BCUT2D eigenvalue weighted by Gasteiger charge is -2.05. The Hall–Kier alpha value is -2.46. The molecule has 0 aliphatic heterocycles. The van der Waals surface area contributed by atoms with E-state index in [1.807, 2.05) is 13.0 Å². The van der Waals surface area contributed by atoms with Gasteiger partial charge < -0.3 is 0 Å². The van der Waals surface area contributed by atoms with E-state index < -0.39 is 4.92 Å². The molecule has 28 heavy (non-hydrogen) atoms. The van der Waals surface area contributed by atoms with Crippen LogP contribution in [0.5, 0.6) is 0 Å². The van der Waals surface area contributed by atoms with Crippen molar-refractivity contribution in [1.82, 2.24) is 15.4 Å². The van der Waals surface area contributed by atoms with Crippen LogP contribution in [0.2, 0.25) is 0 Å². The van der Waals surface area contributed by atoms with Crippen molar-refractivity contribution in [3.8, 4) is 0 Å². The Bertz CT molecular complexity index is 861. The molecule has 8 nitrogen and oxygen atoms in total. The number of carbonyl (C=O) groups is 1. The number of hydrazone groups is 1. The van der Waals surface area contributed by atoms with Crippen molar-refractivity contribution in [1.29, 1.82) is 0 Å². The molecule has 0 aliphatic rings. The number of hydrogen-bond donors (Lipinski definition) is 1. The summed E-state index contributed by atoms with van der Waals surface area (Å²) in [5.41, 5.74) is 3.77. The summed E-state index contributed by atoms with van der Waals surface area (Å²) in [6, 6.07) is 7.84. The molecule has 1 aromatic carbocycles. The number of benzene rings is 1. The predicted molar refractivity (Wildman–Crippen MR) is 112 cm³/mol. The molecule has 1 N–H and O–H groups in total. The number of rotatable bonds is 10. The molecular formula is C18H21N5O3S2. The van der Waals surface area contributed by atoms with Crippen LogP contribution >= 0.6 is 23.5 Å². The Labute approximate surface area is 171 Å². The number of aryl methyl sites for hydroxylation is 1. The van der Waals surface area contributed by atoms with Crippen molar-refractivity contribution in [2.45, 2.75) is 36.9 Å². The molecule has 0 bridgehead atoms. The fourth-order valence-electron chi connectivity index (χ4n) is 2.03. The lowest BCUT2D eigenvalue weighted by Crippen LogP contribution is -2.19. The zero-order chi connectivity index (χ0) is 20.4. The van der Waals surface area contributed by atoms with Crippen LogP contribution < -0.4 is 5.43 Å². The number of nitro groups is 1. The molecule has 0 unspecified atom stereocenters. The fraction of sp³-hybridized carbons (Fsp3) is 0.333. The van der Waals surface area contributed by atoms with Gasteiger partial charge in [-0.1, -0.05) is 49.0 Å². The minimum Gasteiger partial charge on any atom is -0.272 e. The van der Waals surface area contributed by atoms with Gasteiger partial charge in [-0.05, 0) is 19.4 Å². The monoisotopic (exact) mass is 419 g/mol. The largest absolute Gasteiger partial charge is 0.272 e. The highest BCUT2D eigenvalue weighted by Gasteiger charge is 2.07. The van der Waals surface area contributed by atoms with Gasteiger partial charge in [0.1, 0.15) is 5.03 Å². The van der Waals surface area contributed by atoms with Crippen molar-refractivity contribution in [3.05, 3.63) is 51.7 Å². The first-order valence-corrected chi connectivity index (χ1v) is 10.6. The third-order valence-corrected chi connectivity index (χ3v) is 5.22. The average Bonchev–Trinajstić information content (AvgIpc) is 2.66. The van der Waals surface area contributed by atoms with Gasteiger partial charge in [0.05, 0.1) is 16.9 Å². The van der Waals surface area contributed by atoms with Crippen LogP contribution in [0, 0.1) is 17.0 Å². The van der Waals surface area contributed by atoms with Crippen LogP contribution in [0.4, 0.5) is 5.69 Å². The van der Waals surface area contributed by atoms with Gasteiger partial charge in [0, 0.05) is 29.1 Å². The lowest BCUT2D eigenvalue weighted by molar-refractivity contribution is -0.384. The lowest BCUT2D eigenvalue weighted by atomic mass is 10.2. The molecule has 148 valence electrons. The second kappa shape index (κ2) is 11.4. The van der Waals surface area contributed by atoms with E-state index >= 15 is 0 Å². The first kappa shape index (κ1) is 21.8. The summed E-state index contributed by atoms with van der Waals surface area (Å²) < 4.78 is 0. The predicted octanol–water partition coefficient (Wildman–Crippen LogP) is 3.83. The number of nitro benzene ring substituents is 1. The molecule has 0 atom stereocenters. The number of hydrogen-bond acceptors (Lipinski definition) is 8. The molecular weight excluding hydrogens is 398 g/mol. The Morgan fingerprint density at radius 3 is 2.89 bits per heavy atom. The number of carbonyl (C=O) groups excluding carboxylic acids is 1. The van der Waals surface area contributed by atoms with E-state index in [2.05, 4.69) is 27.4 Å². The maximum absolute atomic E-state index is 12.0. The number of nitrogens with one attached hydrogen (secondary N) is 1. The Morgan fingerprint density at radius 2 is 2.14 bits per heavy atom. The van der Waals surface area contributed by atoms with Gasteiger partial charge >= 0.3 is 0 Å². The normalized spacial score (nSPS) is 10.9. The van der Waals surface area contributed by atoms with Gasteiger partial charge in [-0.15, -0.1) is 0 Å². The molecule has 0 radical (unpaired) electrons. The molecule has 0 spiro atoms. The summed E-state index contributed by atoms with van der Waals surface area (Å²) in [4.78, 5) is 31.1. The van der Waals surface area contributed by atoms with E-state index in [0.29, 0.717) is 5.56 Å². The maximum Gasteiger partial charge on any atom is 0.270 e. The molecule has 2 aromatic rings. The van der Waals surface area contributed by atoms with Crippen LogP contribution in [0.3, 0.4) is 0 Å². The van der Waals surface area contributed by atoms with E-state index in [4.69, 9.17) is 0 Å². The van der Waals surface area contributed by atoms with E-state index in [1.54, 1.807) is 23.9 Å². The van der Waals surface area contributed by atoms with Crippen LogP contribution in [0.1, 0.15) is 31.0 Å². The van der Waals surface area contributed by atoms with Gasteiger partial charge in [-0.2, -0.15) is 5.10 Å². The van der Waals surface area contributed by atoms with Crippen LogP contribution in [0.25, 0.3) is 0 Å². The number of unbranched alkanes of at least 4 members (excludes halogenated alkanes) is 1. The van der Waals surface area contributed by atoms with Crippen molar-refractivity contribution in [3.63, 3.8) is 0 Å². The zero-order valence-electron chi connectivity index (χ0n) is 15.6. The molecule has 0 fully saturated rings. The molecule has 1 aromatic heterocycles. The second-order valence-corrected chi connectivity index (χ2v) is 7.82. The highest BCUT2D eigenvalue weighted by Crippen LogP contribution is 2.21. The molecule has 0 saturated carbocycles. The third-order valence-electron chi connectivity index (χ3n) is 3.37. The van der Waals surface area contributed by atoms with Gasteiger partial charge in [0.25, 0.3) is 5.69 Å². The maximum atomic E-state index is 12.0. The Balaban J connectivity index is 1.85. The highest BCUT2D eigenvalue weighted by molar-refractivity contribution is 8.00. The average molecular weight is 420 g/mol. The van der Waals surface area contributed by atoms with Crippen LogP contribution in [-0.4, -0.2) is 38.5 Å². The van der Waals surface area contributed by atoms with Gasteiger partial charge in [0.2, 0.25) is 5.91 Å². The van der Waals surface area contributed by atoms with E-state index in [9.17, 15) is 14.9 Å². The summed E-state index contributed by atoms with van der Waals surface area (Å²) in [5, 5.41) is 16.1. The number of nitrogens with zero attached hydrogens (tertiary/aromatic N) is 4. The molecule has 10 heteroatoms. The van der Waals surface area contributed by atoms with E-state index in [-0.39, 0.29) is 17.3 Å². The second-order valence-electron chi connectivity index (χ2n) is 5.77. The first-order chi connectivity index (χ1) is 13.5. The third kappa shape index (κ3) is 7.65. The van der Waals surface area contributed by atoms with Crippen LogP contribution in [-0.2, 0) is 4.79 Å². The molecule has 2 rings (SSSR count). The summed E-state index contributed by atoms with van der Waals surface area (Å²) in [5.74, 6) is 0.835. The SMILES string of the molecule is CCCCSc1nc(C)cc(SCC(=O)N/N=C\c2cccc([N+](=O)[O-])c2)n1. The minimum atomic E-state index is -0.481. The van der Waals surface area contributed by atoms with Crippen molar-refractivity contribution in [2.24, 2.45) is 5.10 Å². The quantitative estimate of drug-likeness (QED) is 0.118. The fourth-order valence-corrected chi connectivity index (χ4v) is 3.82. The van der Waals surface area contributed by atoms with Gasteiger partial charge in [-0.3, -0.25) is 14.9 Å². The van der Waals surface area contributed by atoms with Gasteiger partial charge in [0.15, 0.2) is 5.16 Å².